The van der Waals surface area contributed by atoms with E-state index in [0.717, 1.165) is 12.8 Å². The number of hydrogen-bond acceptors (Lipinski definition) is 3. The Morgan fingerprint density at radius 3 is 2.22 bits per heavy atom. The zero-order valence-electron chi connectivity index (χ0n) is 9.80. The van der Waals surface area contributed by atoms with Gasteiger partial charge in [-0.1, -0.05) is 12.1 Å². The average molecular weight is 288 g/mol. The van der Waals surface area contributed by atoms with Gasteiger partial charge in [-0.05, 0) is 25.0 Å². The summed E-state index contributed by atoms with van der Waals surface area (Å²) in [4.78, 5) is 11.6. The molecular weight excluding hydrogens is 274 g/mol. The summed E-state index contributed by atoms with van der Waals surface area (Å²) in [6, 6.07) is 5.95. The van der Waals surface area contributed by atoms with Gasteiger partial charge in [0.05, 0.1) is 10.8 Å². The number of carbonyl (C=O) groups excluding carboxylic acids is 1. The van der Waals surface area contributed by atoms with Crippen LogP contribution in [-0.2, 0) is 10.0 Å². The van der Waals surface area contributed by atoms with Crippen LogP contribution in [0.4, 0.5) is 0 Å². The SMILES string of the molecule is O=C(CCl)c1ccc(S(=O)(=O)N2CCCC2)cc1. The number of carbonyl (C=O) groups is 1. The molecule has 0 atom stereocenters. The maximum Gasteiger partial charge on any atom is 0.243 e. The predicted molar refractivity (Wildman–Crippen MR) is 69.5 cm³/mol. The van der Waals surface area contributed by atoms with Gasteiger partial charge in [-0.2, -0.15) is 4.31 Å². The van der Waals surface area contributed by atoms with E-state index < -0.39 is 10.0 Å². The number of Topliss-reactive ketones (excluding diaryl/α,β-unsaturated/α-hetero) is 1. The highest BCUT2D eigenvalue weighted by Crippen LogP contribution is 2.21. The third-order valence-corrected chi connectivity index (χ3v) is 5.16. The maximum absolute atomic E-state index is 12.2. The fourth-order valence-corrected chi connectivity index (χ4v) is 3.64. The Hall–Kier alpha value is -0.910. The van der Waals surface area contributed by atoms with E-state index in [1.807, 2.05) is 0 Å². The van der Waals surface area contributed by atoms with Crippen molar-refractivity contribution in [1.29, 1.82) is 0 Å². The second-order valence-electron chi connectivity index (χ2n) is 4.19. The van der Waals surface area contributed by atoms with Crippen LogP contribution in [0.3, 0.4) is 0 Å². The minimum Gasteiger partial charge on any atom is -0.293 e. The number of hydrogen-bond donors (Lipinski definition) is 0. The smallest absolute Gasteiger partial charge is 0.243 e. The van der Waals surface area contributed by atoms with Crippen LogP contribution >= 0.6 is 11.6 Å². The summed E-state index contributed by atoms with van der Waals surface area (Å²) in [6.07, 6.45) is 1.81. The number of benzene rings is 1. The summed E-state index contributed by atoms with van der Waals surface area (Å²) in [5.41, 5.74) is 0.436. The van der Waals surface area contributed by atoms with Gasteiger partial charge >= 0.3 is 0 Å². The van der Waals surface area contributed by atoms with E-state index in [-0.39, 0.29) is 16.6 Å². The standard InChI is InChI=1S/C12H14ClNO3S/c13-9-12(15)10-3-5-11(6-4-10)18(16,17)14-7-1-2-8-14/h3-6H,1-2,7-9H2. The lowest BCUT2D eigenvalue weighted by Crippen LogP contribution is -2.27. The first-order valence-corrected chi connectivity index (χ1v) is 7.72. The van der Waals surface area contributed by atoms with E-state index in [4.69, 9.17) is 11.6 Å². The summed E-state index contributed by atoms with van der Waals surface area (Å²) >= 11 is 5.44. The van der Waals surface area contributed by atoms with Crippen molar-refractivity contribution in [2.45, 2.75) is 17.7 Å². The molecule has 1 aliphatic heterocycles. The summed E-state index contributed by atoms with van der Waals surface area (Å²) in [7, 11) is -3.40. The monoisotopic (exact) mass is 287 g/mol. The van der Waals surface area contributed by atoms with Crippen molar-refractivity contribution in [3.8, 4) is 0 Å². The van der Waals surface area contributed by atoms with E-state index in [2.05, 4.69) is 0 Å². The number of ketones is 1. The molecule has 1 aromatic rings. The summed E-state index contributed by atoms with van der Waals surface area (Å²) in [6.45, 7) is 1.15. The quantitative estimate of drug-likeness (QED) is 0.628. The van der Waals surface area contributed by atoms with E-state index in [1.165, 1.54) is 28.6 Å². The predicted octanol–water partition coefficient (Wildman–Crippen LogP) is 1.89. The van der Waals surface area contributed by atoms with Gasteiger partial charge in [0.1, 0.15) is 0 Å². The number of nitrogens with zero attached hydrogens (tertiary/aromatic N) is 1. The molecule has 0 spiro atoms. The molecule has 1 saturated heterocycles. The second kappa shape index (κ2) is 5.38. The van der Waals surface area contributed by atoms with Crippen molar-refractivity contribution in [3.05, 3.63) is 29.8 Å². The molecular formula is C12H14ClNO3S. The molecule has 6 heteroatoms. The third-order valence-electron chi connectivity index (χ3n) is 3.00. The van der Waals surface area contributed by atoms with Crippen molar-refractivity contribution < 1.29 is 13.2 Å². The molecule has 0 aliphatic carbocycles. The molecule has 0 N–H and O–H groups in total. The van der Waals surface area contributed by atoms with Crippen molar-refractivity contribution in [1.82, 2.24) is 4.31 Å². The average Bonchev–Trinajstić information content (AvgIpc) is 2.92. The molecule has 1 aromatic carbocycles. The zero-order valence-corrected chi connectivity index (χ0v) is 11.4. The number of halogens is 1. The van der Waals surface area contributed by atoms with Crippen LogP contribution in [0.15, 0.2) is 29.2 Å². The maximum atomic E-state index is 12.2. The molecule has 1 heterocycles. The van der Waals surface area contributed by atoms with Crippen LogP contribution in [0.1, 0.15) is 23.2 Å². The highest BCUT2D eigenvalue weighted by molar-refractivity contribution is 7.89. The van der Waals surface area contributed by atoms with Crippen LogP contribution in [0, 0.1) is 0 Å². The topological polar surface area (TPSA) is 54.5 Å². The Morgan fingerprint density at radius 1 is 1.17 bits per heavy atom. The molecule has 0 radical (unpaired) electrons. The molecule has 0 aromatic heterocycles. The van der Waals surface area contributed by atoms with Crippen molar-refractivity contribution in [3.63, 3.8) is 0 Å². The van der Waals surface area contributed by atoms with Crippen LogP contribution in [0.25, 0.3) is 0 Å². The Morgan fingerprint density at radius 2 is 1.72 bits per heavy atom. The lowest BCUT2D eigenvalue weighted by molar-refractivity contribution is 0.102. The molecule has 1 fully saturated rings. The van der Waals surface area contributed by atoms with Gasteiger partial charge in [0.15, 0.2) is 5.78 Å². The van der Waals surface area contributed by atoms with Gasteiger partial charge < -0.3 is 0 Å². The molecule has 18 heavy (non-hydrogen) atoms. The minimum absolute atomic E-state index is 0.0990. The van der Waals surface area contributed by atoms with Gasteiger partial charge in [-0.25, -0.2) is 8.42 Å². The second-order valence-corrected chi connectivity index (χ2v) is 6.40. The fraction of sp³-hybridized carbons (Fsp3) is 0.417. The number of alkyl halides is 1. The zero-order chi connectivity index (χ0) is 13.2. The van der Waals surface area contributed by atoms with Crippen LogP contribution in [-0.4, -0.2) is 37.5 Å². The first-order valence-electron chi connectivity index (χ1n) is 5.75. The molecule has 0 amide bonds. The first-order chi connectivity index (χ1) is 8.55. The highest BCUT2D eigenvalue weighted by Gasteiger charge is 2.26. The molecule has 0 bridgehead atoms. The van der Waals surface area contributed by atoms with Crippen LogP contribution < -0.4 is 0 Å². The lowest BCUT2D eigenvalue weighted by Gasteiger charge is -2.15. The third kappa shape index (κ3) is 2.58. The Labute approximate surface area is 112 Å². The number of sulfonamides is 1. The van der Waals surface area contributed by atoms with Crippen molar-refractivity contribution >= 4 is 27.4 Å². The first kappa shape index (κ1) is 13.5. The van der Waals surface area contributed by atoms with E-state index in [1.54, 1.807) is 0 Å². The molecule has 0 saturated carbocycles. The Kier molecular flexibility index (Phi) is 4.04. The molecule has 1 aliphatic rings. The summed E-state index contributed by atoms with van der Waals surface area (Å²) < 4.78 is 25.9. The van der Waals surface area contributed by atoms with Crippen molar-refractivity contribution in [2.75, 3.05) is 19.0 Å². The van der Waals surface area contributed by atoms with E-state index in [0.29, 0.717) is 18.7 Å². The molecule has 0 unspecified atom stereocenters. The van der Waals surface area contributed by atoms with E-state index >= 15 is 0 Å². The van der Waals surface area contributed by atoms with Crippen LogP contribution in [0.5, 0.6) is 0 Å². The van der Waals surface area contributed by atoms with Gasteiger partial charge in [0, 0.05) is 18.7 Å². The molecule has 2 rings (SSSR count). The minimum atomic E-state index is -3.40. The fourth-order valence-electron chi connectivity index (χ4n) is 1.97. The lowest BCUT2D eigenvalue weighted by atomic mass is 10.1. The molecule has 4 nitrogen and oxygen atoms in total. The normalized spacial score (nSPS) is 16.9. The van der Waals surface area contributed by atoms with Gasteiger partial charge in [-0.3, -0.25) is 4.79 Å². The van der Waals surface area contributed by atoms with E-state index in [9.17, 15) is 13.2 Å². The Balaban J connectivity index is 2.26. The van der Waals surface area contributed by atoms with Gasteiger partial charge in [-0.15, -0.1) is 11.6 Å². The summed E-state index contributed by atoms with van der Waals surface area (Å²) in [5, 5.41) is 0. The summed E-state index contributed by atoms with van der Waals surface area (Å²) in [5.74, 6) is -0.306. The van der Waals surface area contributed by atoms with Crippen LogP contribution in [0.2, 0.25) is 0 Å². The number of rotatable bonds is 4. The van der Waals surface area contributed by atoms with Gasteiger partial charge in [0.25, 0.3) is 0 Å². The largest absolute Gasteiger partial charge is 0.293 e. The van der Waals surface area contributed by atoms with Crippen molar-refractivity contribution in [2.24, 2.45) is 0 Å². The Bertz CT molecular complexity index is 533. The van der Waals surface area contributed by atoms with Gasteiger partial charge in [0.2, 0.25) is 10.0 Å². The highest BCUT2D eigenvalue weighted by atomic mass is 35.5. The molecule has 98 valence electrons.